The van der Waals surface area contributed by atoms with Crippen LogP contribution in [0.15, 0.2) is 23.8 Å². The van der Waals surface area contributed by atoms with E-state index >= 15 is 0 Å². The number of ether oxygens (including phenoxy) is 1. The molecule has 0 aromatic rings. The second-order valence-electron chi connectivity index (χ2n) is 3.32. The number of rotatable bonds is 6. The molecular weight excluding hydrogens is 210 g/mol. The van der Waals surface area contributed by atoms with Crippen LogP contribution >= 0.6 is 0 Å². The minimum Gasteiger partial charge on any atom is -0.478 e. The molecule has 0 rings (SSSR count). The summed E-state index contributed by atoms with van der Waals surface area (Å²) in [6.07, 6.45) is 4.74. The predicted octanol–water partition coefficient (Wildman–Crippen LogP) is 0.854. The molecule has 1 atom stereocenters. The van der Waals surface area contributed by atoms with Crippen LogP contribution in [-0.4, -0.2) is 29.7 Å². The van der Waals surface area contributed by atoms with Gasteiger partial charge in [-0.2, -0.15) is 0 Å². The van der Waals surface area contributed by atoms with Crippen LogP contribution in [0.5, 0.6) is 0 Å². The standard InChI is InChI=1S/C11H17NO4/c1-3-4-10(13)16-7-9(12)6-5-8(2)11(14)15/h3-5,9H,6-7,12H2,1-2H3,(H,14,15). The molecule has 0 aromatic heterocycles. The van der Waals surface area contributed by atoms with Crippen molar-refractivity contribution in [2.75, 3.05) is 6.61 Å². The quantitative estimate of drug-likeness (QED) is 0.518. The van der Waals surface area contributed by atoms with E-state index in [0.29, 0.717) is 6.42 Å². The first-order chi connectivity index (χ1) is 7.47. The Labute approximate surface area is 94.6 Å². The van der Waals surface area contributed by atoms with Crippen LogP contribution in [0, 0.1) is 0 Å². The Balaban J connectivity index is 3.92. The molecule has 0 bridgehead atoms. The van der Waals surface area contributed by atoms with Crippen LogP contribution in [0.25, 0.3) is 0 Å². The number of esters is 1. The molecule has 0 fully saturated rings. The number of carbonyl (C=O) groups is 2. The maximum absolute atomic E-state index is 10.9. The average Bonchev–Trinajstić information content (AvgIpc) is 2.23. The van der Waals surface area contributed by atoms with Gasteiger partial charge in [-0.3, -0.25) is 0 Å². The molecule has 0 saturated carbocycles. The van der Waals surface area contributed by atoms with Crippen molar-refractivity contribution >= 4 is 11.9 Å². The maximum atomic E-state index is 10.9. The van der Waals surface area contributed by atoms with Crippen molar-refractivity contribution in [3.8, 4) is 0 Å². The fourth-order valence-electron chi connectivity index (χ4n) is 0.857. The molecule has 5 nitrogen and oxygen atoms in total. The number of hydrogen-bond acceptors (Lipinski definition) is 4. The summed E-state index contributed by atoms with van der Waals surface area (Å²) >= 11 is 0. The van der Waals surface area contributed by atoms with E-state index in [0.717, 1.165) is 0 Å². The van der Waals surface area contributed by atoms with Crippen molar-refractivity contribution in [2.45, 2.75) is 26.3 Å². The van der Waals surface area contributed by atoms with Crippen LogP contribution in [0.4, 0.5) is 0 Å². The summed E-state index contributed by atoms with van der Waals surface area (Å²) in [5.41, 5.74) is 5.86. The predicted molar refractivity (Wildman–Crippen MR) is 59.8 cm³/mol. The summed E-state index contributed by atoms with van der Waals surface area (Å²) in [4.78, 5) is 21.4. The molecule has 1 unspecified atom stereocenters. The molecule has 0 saturated heterocycles. The zero-order chi connectivity index (χ0) is 12.6. The Hall–Kier alpha value is -1.62. The second kappa shape index (κ2) is 7.64. The molecule has 0 aliphatic rings. The summed E-state index contributed by atoms with van der Waals surface area (Å²) in [6.45, 7) is 3.27. The third kappa shape index (κ3) is 6.78. The Morgan fingerprint density at radius 1 is 1.50 bits per heavy atom. The van der Waals surface area contributed by atoms with E-state index in [9.17, 15) is 9.59 Å². The highest BCUT2D eigenvalue weighted by Crippen LogP contribution is 1.99. The van der Waals surface area contributed by atoms with E-state index in [1.54, 1.807) is 13.0 Å². The highest BCUT2D eigenvalue weighted by molar-refractivity contribution is 5.85. The van der Waals surface area contributed by atoms with Gasteiger partial charge in [-0.05, 0) is 20.3 Å². The third-order valence-electron chi connectivity index (χ3n) is 1.81. The normalized spacial score (nSPS) is 13.8. The lowest BCUT2D eigenvalue weighted by atomic mass is 10.1. The minimum absolute atomic E-state index is 0.0760. The molecule has 0 spiro atoms. The number of carbonyl (C=O) groups excluding carboxylic acids is 1. The number of carboxylic acids is 1. The molecule has 5 heteroatoms. The number of allylic oxidation sites excluding steroid dienone is 1. The van der Waals surface area contributed by atoms with Crippen LogP contribution < -0.4 is 5.73 Å². The van der Waals surface area contributed by atoms with Crippen LogP contribution in [0.3, 0.4) is 0 Å². The lowest BCUT2D eigenvalue weighted by Gasteiger charge is -2.08. The van der Waals surface area contributed by atoms with Gasteiger partial charge in [0.15, 0.2) is 0 Å². The summed E-state index contributed by atoms with van der Waals surface area (Å²) in [7, 11) is 0. The van der Waals surface area contributed by atoms with E-state index in [1.807, 2.05) is 0 Å². The zero-order valence-corrected chi connectivity index (χ0v) is 9.47. The summed E-state index contributed by atoms with van der Waals surface area (Å²) in [5.74, 6) is -1.42. The Kier molecular flexibility index (Phi) is 6.87. The van der Waals surface area contributed by atoms with E-state index < -0.39 is 11.9 Å². The minimum atomic E-state index is -0.974. The average molecular weight is 227 g/mol. The molecule has 0 aromatic carbocycles. The van der Waals surface area contributed by atoms with Crippen molar-refractivity contribution in [3.05, 3.63) is 23.8 Å². The Morgan fingerprint density at radius 2 is 2.12 bits per heavy atom. The SMILES string of the molecule is CC=CC(=O)OCC(N)CC=C(C)C(=O)O. The molecule has 0 aliphatic heterocycles. The topological polar surface area (TPSA) is 89.6 Å². The summed E-state index contributed by atoms with van der Waals surface area (Å²) in [6, 6.07) is -0.386. The lowest BCUT2D eigenvalue weighted by Crippen LogP contribution is -2.26. The Bertz CT molecular complexity index is 307. The number of nitrogens with two attached hydrogens (primary N) is 1. The smallest absolute Gasteiger partial charge is 0.330 e. The number of aliphatic carboxylic acids is 1. The van der Waals surface area contributed by atoms with E-state index in [-0.39, 0.29) is 18.2 Å². The molecule has 0 heterocycles. The van der Waals surface area contributed by atoms with Crippen LogP contribution in [-0.2, 0) is 14.3 Å². The first-order valence-corrected chi connectivity index (χ1v) is 4.92. The van der Waals surface area contributed by atoms with Gasteiger partial charge >= 0.3 is 11.9 Å². The van der Waals surface area contributed by atoms with Gasteiger partial charge in [-0.25, -0.2) is 9.59 Å². The highest BCUT2D eigenvalue weighted by Gasteiger charge is 2.05. The van der Waals surface area contributed by atoms with Gasteiger partial charge in [0.2, 0.25) is 0 Å². The van der Waals surface area contributed by atoms with Gasteiger partial charge in [0.05, 0.1) is 0 Å². The molecule has 16 heavy (non-hydrogen) atoms. The fourth-order valence-corrected chi connectivity index (χ4v) is 0.857. The monoisotopic (exact) mass is 227 g/mol. The van der Waals surface area contributed by atoms with E-state index in [4.69, 9.17) is 15.6 Å². The van der Waals surface area contributed by atoms with Gasteiger partial charge in [0, 0.05) is 17.7 Å². The van der Waals surface area contributed by atoms with Gasteiger partial charge in [0.1, 0.15) is 6.61 Å². The largest absolute Gasteiger partial charge is 0.478 e. The zero-order valence-electron chi connectivity index (χ0n) is 9.47. The van der Waals surface area contributed by atoms with Crippen molar-refractivity contribution < 1.29 is 19.4 Å². The second-order valence-corrected chi connectivity index (χ2v) is 3.32. The molecule has 0 aliphatic carbocycles. The number of hydrogen-bond donors (Lipinski definition) is 2. The van der Waals surface area contributed by atoms with E-state index in [2.05, 4.69) is 0 Å². The third-order valence-corrected chi connectivity index (χ3v) is 1.81. The number of carboxylic acid groups (broad SMARTS) is 1. The summed E-state index contributed by atoms with van der Waals surface area (Å²) < 4.78 is 4.81. The first kappa shape index (κ1) is 14.4. The Morgan fingerprint density at radius 3 is 2.62 bits per heavy atom. The molecular formula is C11H17NO4. The molecule has 90 valence electrons. The van der Waals surface area contributed by atoms with Crippen LogP contribution in [0.2, 0.25) is 0 Å². The summed E-state index contributed by atoms with van der Waals surface area (Å²) in [5, 5.41) is 8.58. The van der Waals surface area contributed by atoms with Crippen molar-refractivity contribution in [1.82, 2.24) is 0 Å². The molecule has 0 radical (unpaired) electrons. The van der Waals surface area contributed by atoms with E-state index in [1.165, 1.54) is 19.1 Å². The highest BCUT2D eigenvalue weighted by atomic mass is 16.5. The fraction of sp³-hybridized carbons (Fsp3) is 0.455. The van der Waals surface area contributed by atoms with Crippen molar-refractivity contribution in [1.29, 1.82) is 0 Å². The lowest BCUT2D eigenvalue weighted by molar-refractivity contribution is -0.138. The molecule has 3 N–H and O–H groups in total. The first-order valence-electron chi connectivity index (χ1n) is 4.92. The van der Waals surface area contributed by atoms with Crippen molar-refractivity contribution in [2.24, 2.45) is 5.73 Å². The van der Waals surface area contributed by atoms with Crippen molar-refractivity contribution in [3.63, 3.8) is 0 Å². The van der Waals surface area contributed by atoms with Gasteiger partial charge in [-0.1, -0.05) is 12.2 Å². The van der Waals surface area contributed by atoms with Gasteiger partial charge in [-0.15, -0.1) is 0 Å². The van der Waals surface area contributed by atoms with Crippen LogP contribution in [0.1, 0.15) is 20.3 Å². The molecule has 0 amide bonds. The van der Waals surface area contributed by atoms with Gasteiger partial charge in [0.25, 0.3) is 0 Å². The maximum Gasteiger partial charge on any atom is 0.330 e. The van der Waals surface area contributed by atoms with Gasteiger partial charge < -0.3 is 15.6 Å².